The molecular formula is C24H31N7O3S. The number of amides is 1. The summed E-state index contributed by atoms with van der Waals surface area (Å²) in [7, 11) is -3.64. The second-order valence-corrected chi connectivity index (χ2v) is 10.3. The fourth-order valence-corrected chi connectivity index (χ4v) is 5.75. The molecule has 1 N–H and O–H groups in total. The third-order valence-electron chi connectivity index (χ3n) is 6.07. The van der Waals surface area contributed by atoms with E-state index in [4.69, 9.17) is 0 Å². The average molecular weight is 498 g/mol. The number of hydrogen-bond donors (Lipinski definition) is 1. The number of sulfonamides is 1. The van der Waals surface area contributed by atoms with Crippen molar-refractivity contribution in [1.82, 2.24) is 24.5 Å². The molecule has 3 aromatic rings. The van der Waals surface area contributed by atoms with Crippen LogP contribution in [0.25, 0.3) is 11.4 Å². The number of benzene rings is 2. The number of carbonyl (C=O) groups is 1. The maximum Gasteiger partial charge on any atom is 0.248 e. The highest BCUT2D eigenvalue weighted by Crippen LogP contribution is 2.31. The fourth-order valence-electron chi connectivity index (χ4n) is 4.20. The van der Waals surface area contributed by atoms with Gasteiger partial charge in [-0.15, -0.1) is 10.2 Å². The summed E-state index contributed by atoms with van der Waals surface area (Å²) < 4.78 is 28.0. The van der Waals surface area contributed by atoms with Crippen molar-refractivity contribution in [3.63, 3.8) is 0 Å². The van der Waals surface area contributed by atoms with Crippen LogP contribution in [0.15, 0.2) is 53.4 Å². The molecule has 1 amide bonds. The molecule has 4 rings (SSSR count). The number of rotatable bonds is 9. The molecule has 0 spiro atoms. The molecule has 10 nitrogen and oxygen atoms in total. The number of tetrazole rings is 1. The lowest BCUT2D eigenvalue weighted by Gasteiger charge is -2.28. The van der Waals surface area contributed by atoms with Crippen molar-refractivity contribution in [3.05, 3.63) is 48.5 Å². The molecule has 1 aliphatic rings. The zero-order valence-electron chi connectivity index (χ0n) is 20.1. The number of anilines is 2. The first-order valence-corrected chi connectivity index (χ1v) is 13.4. The van der Waals surface area contributed by atoms with Crippen LogP contribution in [0, 0.1) is 0 Å². The summed E-state index contributed by atoms with van der Waals surface area (Å²) in [5.41, 5.74) is 2.01. The molecule has 186 valence electrons. The van der Waals surface area contributed by atoms with Crippen LogP contribution in [-0.4, -0.2) is 65.0 Å². The predicted molar refractivity (Wildman–Crippen MR) is 134 cm³/mol. The summed E-state index contributed by atoms with van der Waals surface area (Å²) in [6.45, 7) is 6.33. The predicted octanol–water partition coefficient (Wildman–Crippen LogP) is 3.00. The number of hydrogen-bond acceptors (Lipinski definition) is 7. The van der Waals surface area contributed by atoms with Gasteiger partial charge in [-0.2, -0.15) is 9.10 Å². The van der Waals surface area contributed by atoms with E-state index in [1.165, 1.54) is 9.10 Å². The van der Waals surface area contributed by atoms with Crippen molar-refractivity contribution >= 4 is 27.3 Å². The smallest absolute Gasteiger partial charge is 0.248 e. The van der Waals surface area contributed by atoms with Gasteiger partial charge in [0, 0.05) is 31.7 Å². The summed E-state index contributed by atoms with van der Waals surface area (Å²) in [5.74, 6) is 0.0554. The number of piperidine rings is 1. The second-order valence-electron chi connectivity index (χ2n) is 8.37. The van der Waals surface area contributed by atoms with Crippen molar-refractivity contribution in [2.24, 2.45) is 0 Å². The van der Waals surface area contributed by atoms with Crippen molar-refractivity contribution in [2.75, 3.05) is 36.4 Å². The van der Waals surface area contributed by atoms with Gasteiger partial charge in [0.2, 0.25) is 21.8 Å². The lowest BCUT2D eigenvalue weighted by molar-refractivity contribution is -0.117. The van der Waals surface area contributed by atoms with Gasteiger partial charge in [0.25, 0.3) is 0 Å². The van der Waals surface area contributed by atoms with E-state index in [0.717, 1.165) is 30.5 Å². The van der Waals surface area contributed by atoms with Crippen LogP contribution in [0.5, 0.6) is 0 Å². The van der Waals surface area contributed by atoms with Crippen LogP contribution in [0.1, 0.15) is 33.1 Å². The maximum absolute atomic E-state index is 13.2. The molecule has 1 aromatic heterocycles. The van der Waals surface area contributed by atoms with Gasteiger partial charge in [-0.25, -0.2) is 8.42 Å². The Labute approximate surface area is 206 Å². The van der Waals surface area contributed by atoms with Crippen LogP contribution in [0.2, 0.25) is 0 Å². The van der Waals surface area contributed by atoms with Crippen molar-refractivity contribution < 1.29 is 13.2 Å². The highest BCUT2D eigenvalue weighted by atomic mass is 32.2. The first-order chi connectivity index (χ1) is 16.9. The van der Waals surface area contributed by atoms with Crippen molar-refractivity contribution in [2.45, 2.75) is 44.6 Å². The first kappa shape index (κ1) is 24.8. The molecule has 0 saturated carbocycles. The Morgan fingerprint density at radius 2 is 1.74 bits per heavy atom. The number of carbonyl (C=O) groups excluding carboxylic acids is 1. The summed E-state index contributed by atoms with van der Waals surface area (Å²) in [6.07, 6.45) is 2.75. The van der Waals surface area contributed by atoms with E-state index < -0.39 is 10.0 Å². The molecular weight excluding hydrogens is 466 g/mol. The fraction of sp³-hybridized carbons (Fsp3) is 0.417. The summed E-state index contributed by atoms with van der Waals surface area (Å²) >= 11 is 0. The minimum atomic E-state index is -3.64. The molecule has 0 radical (unpaired) electrons. The standard InChI is InChI=1S/C24H31N7O3S/c1-3-29(4-2)22-14-13-20(35(33,34)30-15-9-6-10-16-30)17-21(22)25-23(32)18-31-27-24(26-28-31)19-11-7-5-8-12-19/h5,7-8,11-14,17H,3-4,6,9-10,15-16,18H2,1-2H3,(H,25,32). The molecule has 2 heterocycles. The average Bonchev–Trinajstić information content (AvgIpc) is 3.35. The molecule has 1 aliphatic heterocycles. The molecule has 0 bridgehead atoms. The van der Waals surface area contributed by atoms with E-state index in [-0.39, 0.29) is 17.3 Å². The number of nitrogens with one attached hydrogen (secondary N) is 1. The van der Waals surface area contributed by atoms with Crippen LogP contribution in [0.3, 0.4) is 0 Å². The number of nitrogens with zero attached hydrogens (tertiary/aromatic N) is 6. The largest absolute Gasteiger partial charge is 0.370 e. The van der Waals surface area contributed by atoms with Crippen LogP contribution < -0.4 is 10.2 Å². The van der Waals surface area contributed by atoms with E-state index in [1.54, 1.807) is 18.2 Å². The minimum absolute atomic E-state index is 0.152. The Morgan fingerprint density at radius 1 is 1.03 bits per heavy atom. The van der Waals surface area contributed by atoms with Crippen LogP contribution >= 0.6 is 0 Å². The van der Waals surface area contributed by atoms with Gasteiger partial charge in [-0.3, -0.25) is 4.79 Å². The van der Waals surface area contributed by atoms with Crippen LogP contribution in [0.4, 0.5) is 11.4 Å². The van der Waals surface area contributed by atoms with E-state index >= 15 is 0 Å². The lowest BCUT2D eigenvalue weighted by Crippen LogP contribution is -2.35. The van der Waals surface area contributed by atoms with E-state index in [1.807, 2.05) is 44.2 Å². The molecule has 0 unspecified atom stereocenters. The van der Waals surface area contributed by atoms with Gasteiger partial charge in [0.15, 0.2) is 0 Å². The minimum Gasteiger partial charge on any atom is -0.370 e. The highest BCUT2D eigenvalue weighted by Gasteiger charge is 2.27. The molecule has 35 heavy (non-hydrogen) atoms. The monoisotopic (exact) mass is 497 g/mol. The molecule has 0 atom stereocenters. The topological polar surface area (TPSA) is 113 Å². The Morgan fingerprint density at radius 3 is 2.43 bits per heavy atom. The third kappa shape index (κ3) is 5.68. The Bertz CT molecular complexity index is 1250. The summed E-state index contributed by atoms with van der Waals surface area (Å²) in [5, 5.41) is 15.2. The Hall–Kier alpha value is -3.31. The lowest BCUT2D eigenvalue weighted by atomic mass is 10.2. The zero-order valence-corrected chi connectivity index (χ0v) is 20.9. The van der Waals surface area contributed by atoms with Gasteiger partial charge < -0.3 is 10.2 Å². The summed E-state index contributed by atoms with van der Waals surface area (Å²) in [6, 6.07) is 14.3. The second kappa shape index (κ2) is 11.0. The maximum atomic E-state index is 13.2. The van der Waals surface area contributed by atoms with Gasteiger partial charge >= 0.3 is 0 Å². The van der Waals surface area contributed by atoms with Gasteiger partial charge in [-0.1, -0.05) is 36.8 Å². The first-order valence-electron chi connectivity index (χ1n) is 11.9. The van der Waals surface area contributed by atoms with E-state index in [2.05, 4.69) is 25.6 Å². The van der Waals surface area contributed by atoms with Crippen LogP contribution in [-0.2, 0) is 21.4 Å². The molecule has 0 aliphatic carbocycles. The van der Waals surface area contributed by atoms with Crippen molar-refractivity contribution in [3.8, 4) is 11.4 Å². The SMILES string of the molecule is CCN(CC)c1ccc(S(=O)(=O)N2CCCCC2)cc1NC(=O)Cn1nnc(-c2ccccc2)n1. The van der Waals surface area contributed by atoms with E-state index in [0.29, 0.717) is 37.7 Å². The van der Waals surface area contributed by atoms with Gasteiger partial charge in [0.1, 0.15) is 6.54 Å². The molecule has 1 fully saturated rings. The third-order valence-corrected chi connectivity index (χ3v) is 7.96. The molecule has 1 saturated heterocycles. The molecule has 2 aromatic carbocycles. The number of aromatic nitrogens is 4. The summed E-state index contributed by atoms with van der Waals surface area (Å²) in [4.78, 5) is 16.4. The Balaban J connectivity index is 1.57. The van der Waals surface area contributed by atoms with E-state index in [9.17, 15) is 13.2 Å². The zero-order chi connectivity index (χ0) is 24.8. The normalized spacial score (nSPS) is 14.6. The molecule has 11 heteroatoms. The quantitative estimate of drug-likeness (QED) is 0.483. The highest BCUT2D eigenvalue weighted by molar-refractivity contribution is 7.89. The van der Waals surface area contributed by atoms with Gasteiger partial charge in [-0.05, 0) is 50.1 Å². The van der Waals surface area contributed by atoms with Gasteiger partial charge in [0.05, 0.1) is 16.3 Å². The van der Waals surface area contributed by atoms with Crippen molar-refractivity contribution in [1.29, 1.82) is 0 Å². The Kier molecular flexibility index (Phi) is 7.76.